The van der Waals surface area contributed by atoms with Crippen molar-refractivity contribution in [2.24, 2.45) is 0 Å². The van der Waals surface area contributed by atoms with Crippen LogP contribution in [0.5, 0.6) is 5.75 Å². The number of rotatable bonds is 6. The van der Waals surface area contributed by atoms with Crippen molar-refractivity contribution in [3.63, 3.8) is 0 Å². The van der Waals surface area contributed by atoms with Crippen LogP contribution in [0.25, 0.3) is 11.0 Å². The summed E-state index contributed by atoms with van der Waals surface area (Å²) in [6.07, 6.45) is 4.28. The summed E-state index contributed by atoms with van der Waals surface area (Å²) in [6, 6.07) is 14.5. The number of aryl methyl sites for hydroxylation is 2. The van der Waals surface area contributed by atoms with E-state index in [-0.39, 0.29) is 13.2 Å². The fourth-order valence-electron chi connectivity index (χ4n) is 3.38. The predicted octanol–water partition coefficient (Wildman–Crippen LogP) is 3.87. The first-order chi connectivity index (χ1) is 13.7. The first-order valence-electron chi connectivity index (χ1n) is 9.37. The number of nitrogens with one attached hydrogen (secondary N) is 1. The molecular formula is C22H21NO5. The van der Waals surface area contributed by atoms with Crippen molar-refractivity contribution in [3.8, 4) is 5.75 Å². The maximum atomic E-state index is 11.9. The van der Waals surface area contributed by atoms with Gasteiger partial charge in [0.2, 0.25) is 0 Å². The number of anilines is 1. The number of fused-ring (bicyclic) bond motifs is 3. The summed E-state index contributed by atoms with van der Waals surface area (Å²) in [7, 11) is 0. The first-order valence-corrected chi connectivity index (χ1v) is 9.37. The number of hydrogen-bond acceptors (Lipinski definition) is 5. The number of furan rings is 1. The summed E-state index contributed by atoms with van der Waals surface area (Å²) in [6.45, 7) is -0.616. The Morgan fingerprint density at radius 3 is 2.68 bits per heavy atom. The van der Waals surface area contributed by atoms with Crippen molar-refractivity contribution in [3.05, 3.63) is 59.9 Å². The lowest BCUT2D eigenvalue weighted by atomic mass is 9.96. The molecule has 3 aromatic rings. The van der Waals surface area contributed by atoms with Crippen LogP contribution in [0.3, 0.4) is 0 Å². The summed E-state index contributed by atoms with van der Waals surface area (Å²) < 4.78 is 16.4. The molecule has 2 aromatic carbocycles. The van der Waals surface area contributed by atoms with Gasteiger partial charge in [-0.1, -0.05) is 18.2 Å². The molecule has 0 spiro atoms. The van der Waals surface area contributed by atoms with Crippen molar-refractivity contribution >= 4 is 28.5 Å². The molecule has 1 N–H and O–H groups in total. The van der Waals surface area contributed by atoms with Gasteiger partial charge in [-0.05, 0) is 49.6 Å². The van der Waals surface area contributed by atoms with Gasteiger partial charge < -0.3 is 19.2 Å². The molecule has 4 rings (SSSR count). The minimum atomic E-state index is -0.600. The topological polar surface area (TPSA) is 77.8 Å². The van der Waals surface area contributed by atoms with E-state index >= 15 is 0 Å². The third kappa shape index (κ3) is 4.17. The normalized spacial score (nSPS) is 13.0. The standard InChI is InChI=1S/C22H21NO5/c24-21(23-15-6-2-1-3-7-15)13-27-22(25)14-26-16-10-11-20-18(12-16)17-8-4-5-9-19(17)28-20/h1-3,6-7,10-12H,4-5,8-9,13-14H2,(H,23,24). The molecule has 1 aromatic heterocycles. The zero-order valence-corrected chi connectivity index (χ0v) is 15.4. The Morgan fingerprint density at radius 2 is 1.82 bits per heavy atom. The average molecular weight is 379 g/mol. The van der Waals surface area contributed by atoms with E-state index in [1.54, 1.807) is 18.2 Å². The number of carbonyl (C=O) groups is 2. The molecule has 1 amide bonds. The molecule has 6 heteroatoms. The van der Waals surface area contributed by atoms with Crippen LogP contribution < -0.4 is 10.1 Å². The molecule has 1 aliphatic rings. The van der Waals surface area contributed by atoms with Crippen LogP contribution in [0.2, 0.25) is 0 Å². The molecule has 6 nitrogen and oxygen atoms in total. The summed E-state index contributed by atoms with van der Waals surface area (Å²) in [4.78, 5) is 23.7. The van der Waals surface area contributed by atoms with Gasteiger partial charge in [-0.25, -0.2) is 4.79 Å². The van der Waals surface area contributed by atoms with Crippen LogP contribution in [0.4, 0.5) is 5.69 Å². The van der Waals surface area contributed by atoms with E-state index in [4.69, 9.17) is 13.9 Å². The van der Waals surface area contributed by atoms with Crippen molar-refractivity contribution in [1.82, 2.24) is 0 Å². The molecule has 144 valence electrons. The van der Waals surface area contributed by atoms with E-state index < -0.39 is 11.9 Å². The number of benzene rings is 2. The van der Waals surface area contributed by atoms with Crippen molar-refractivity contribution in [2.45, 2.75) is 25.7 Å². The molecule has 1 aliphatic carbocycles. The van der Waals surface area contributed by atoms with E-state index in [0.29, 0.717) is 11.4 Å². The number of ether oxygens (including phenoxy) is 2. The Kier molecular flexibility index (Phi) is 5.28. The fourth-order valence-corrected chi connectivity index (χ4v) is 3.38. The highest BCUT2D eigenvalue weighted by Crippen LogP contribution is 2.33. The van der Waals surface area contributed by atoms with E-state index in [1.165, 1.54) is 5.56 Å². The van der Waals surface area contributed by atoms with E-state index in [9.17, 15) is 9.59 Å². The lowest BCUT2D eigenvalue weighted by molar-refractivity contribution is -0.149. The Hall–Kier alpha value is -3.28. The Labute approximate surface area is 162 Å². The summed E-state index contributed by atoms with van der Waals surface area (Å²) in [5, 5.41) is 3.69. The highest BCUT2D eigenvalue weighted by Gasteiger charge is 2.18. The lowest BCUT2D eigenvalue weighted by Crippen LogP contribution is -2.23. The molecule has 0 unspecified atom stereocenters. The van der Waals surface area contributed by atoms with Crippen LogP contribution in [-0.2, 0) is 27.2 Å². The SMILES string of the molecule is O=C(COC(=O)COc1ccc2oc3c(c2c1)CCCC3)Nc1ccccc1. The van der Waals surface area contributed by atoms with Crippen LogP contribution in [0.1, 0.15) is 24.2 Å². The number of carbonyl (C=O) groups excluding carboxylic acids is 2. The minimum absolute atomic E-state index is 0.260. The van der Waals surface area contributed by atoms with Gasteiger partial charge in [-0.2, -0.15) is 0 Å². The Balaban J connectivity index is 1.29. The van der Waals surface area contributed by atoms with Gasteiger partial charge >= 0.3 is 5.97 Å². The minimum Gasteiger partial charge on any atom is -0.482 e. The van der Waals surface area contributed by atoms with Crippen molar-refractivity contribution < 1.29 is 23.5 Å². The second kappa shape index (κ2) is 8.17. The molecular weight excluding hydrogens is 358 g/mol. The molecule has 0 aliphatic heterocycles. The predicted molar refractivity (Wildman–Crippen MR) is 104 cm³/mol. The largest absolute Gasteiger partial charge is 0.482 e. The summed E-state index contributed by atoms with van der Waals surface area (Å²) in [5.74, 6) is 0.637. The third-order valence-electron chi connectivity index (χ3n) is 4.70. The second-order valence-electron chi connectivity index (χ2n) is 6.73. The molecule has 0 radical (unpaired) electrons. The Morgan fingerprint density at radius 1 is 1.00 bits per heavy atom. The number of esters is 1. The molecule has 0 atom stereocenters. The molecule has 1 heterocycles. The fraction of sp³-hybridized carbons (Fsp3) is 0.273. The molecule has 0 saturated carbocycles. The average Bonchev–Trinajstić information content (AvgIpc) is 3.09. The smallest absolute Gasteiger partial charge is 0.344 e. The highest BCUT2D eigenvalue weighted by atomic mass is 16.6. The van der Waals surface area contributed by atoms with Gasteiger partial charge in [-0.15, -0.1) is 0 Å². The molecule has 0 saturated heterocycles. The highest BCUT2D eigenvalue weighted by molar-refractivity contribution is 5.92. The Bertz CT molecular complexity index is 993. The van der Waals surface area contributed by atoms with E-state index in [2.05, 4.69) is 5.32 Å². The number of hydrogen-bond donors (Lipinski definition) is 1. The number of para-hydroxylation sites is 1. The van der Waals surface area contributed by atoms with Crippen LogP contribution in [0.15, 0.2) is 52.9 Å². The van der Waals surface area contributed by atoms with Gasteiger partial charge in [0.1, 0.15) is 17.1 Å². The quantitative estimate of drug-likeness (QED) is 0.658. The van der Waals surface area contributed by atoms with Gasteiger partial charge in [0.25, 0.3) is 5.91 Å². The molecule has 0 fully saturated rings. The number of amides is 1. The van der Waals surface area contributed by atoms with Gasteiger partial charge in [0.05, 0.1) is 0 Å². The van der Waals surface area contributed by atoms with Crippen LogP contribution in [-0.4, -0.2) is 25.1 Å². The van der Waals surface area contributed by atoms with Crippen LogP contribution in [0, 0.1) is 0 Å². The van der Waals surface area contributed by atoms with Crippen molar-refractivity contribution in [1.29, 1.82) is 0 Å². The monoisotopic (exact) mass is 379 g/mol. The van der Waals surface area contributed by atoms with Crippen LogP contribution >= 0.6 is 0 Å². The maximum absolute atomic E-state index is 11.9. The second-order valence-corrected chi connectivity index (χ2v) is 6.73. The first kappa shape index (κ1) is 18.1. The summed E-state index contributed by atoms with van der Waals surface area (Å²) >= 11 is 0. The van der Waals surface area contributed by atoms with Gasteiger partial charge in [0.15, 0.2) is 13.2 Å². The summed E-state index contributed by atoms with van der Waals surface area (Å²) in [5.41, 5.74) is 2.74. The van der Waals surface area contributed by atoms with Gasteiger partial charge in [-0.3, -0.25) is 4.79 Å². The van der Waals surface area contributed by atoms with Gasteiger partial charge in [0, 0.05) is 23.1 Å². The molecule has 0 bridgehead atoms. The molecule has 28 heavy (non-hydrogen) atoms. The van der Waals surface area contributed by atoms with Crippen molar-refractivity contribution in [2.75, 3.05) is 18.5 Å². The third-order valence-corrected chi connectivity index (χ3v) is 4.70. The zero-order valence-electron chi connectivity index (χ0n) is 15.4. The maximum Gasteiger partial charge on any atom is 0.344 e. The van der Waals surface area contributed by atoms with E-state index in [1.807, 2.05) is 30.3 Å². The zero-order chi connectivity index (χ0) is 19.3. The lowest BCUT2D eigenvalue weighted by Gasteiger charge is -2.09. The van der Waals surface area contributed by atoms with E-state index in [0.717, 1.165) is 42.4 Å².